The zero-order chi connectivity index (χ0) is 17.9. The fraction of sp³-hybridized carbons (Fsp3) is 0.588. The fourth-order valence-electron chi connectivity index (χ4n) is 3.25. The van der Waals surface area contributed by atoms with Crippen molar-refractivity contribution in [2.24, 2.45) is 5.92 Å². The molecule has 136 valence electrons. The van der Waals surface area contributed by atoms with Crippen molar-refractivity contribution in [1.82, 2.24) is 24.1 Å². The lowest BCUT2D eigenvalue weighted by molar-refractivity contribution is 0.265. The molecule has 0 amide bonds. The topological polar surface area (TPSA) is 81.0 Å². The molecule has 1 saturated heterocycles. The molecule has 0 N–H and O–H groups in total. The molecule has 0 saturated carbocycles. The van der Waals surface area contributed by atoms with Crippen LogP contribution in [0.2, 0.25) is 0 Å². The minimum Gasteiger partial charge on any atom is -0.272 e. The smallest absolute Gasteiger partial charge is 0.211 e. The molecule has 0 radical (unpaired) electrons. The third-order valence-corrected chi connectivity index (χ3v) is 5.81. The first-order valence-corrected chi connectivity index (χ1v) is 10.6. The summed E-state index contributed by atoms with van der Waals surface area (Å²) in [4.78, 5) is 9.03. The molecule has 0 bridgehead atoms. The first-order valence-electron chi connectivity index (χ1n) is 8.74. The Bertz CT molecular complexity index is 801. The first kappa shape index (κ1) is 18.0. The van der Waals surface area contributed by atoms with Crippen LogP contribution in [0.3, 0.4) is 0 Å². The molecule has 2 aromatic heterocycles. The van der Waals surface area contributed by atoms with Crippen LogP contribution in [0, 0.1) is 5.92 Å². The summed E-state index contributed by atoms with van der Waals surface area (Å²) in [5, 5.41) is 4.32. The Hall–Kier alpha value is -1.80. The van der Waals surface area contributed by atoms with Crippen molar-refractivity contribution in [2.45, 2.75) is 39.2 Å². The van der Waals surface area contributed by atoms with Gasteiger partial charge in [-0.2, -0.15) is 5.10 Å². The first-order chi connectivity index (χ1) is 12.0. The molecule has 1 aliphatic rings. The summed E-state index contributed by atoms with van der Waals surface area (Å²) in [7, 11) is -3.11. The Labute approximate surface area is 149 Å². The molecular weight excluding hydrogens is 338 g/mol. The van der Waals surface area contributed by atoms with Crippen molar-refractivity contribution in [1.29, 1.82) is 0 Å². The number of rotatable bonds is 6. The lowest BCUT2D eigenvalue weighted by Gasteiger charge is -2.30. The van der Waals surface area contributed by atoms with Crippen LogP contribution in [0.15, 0.2) is 24.8 Å². The molecule has 2 aromatic rings. The Balaban J connectivity index is 1.64. The van der Waals surface area contributed by atoms with Crippen LogP contribution < -0.4 is 0 Å². The van der Waals surface area contributed by atoms with E-state index >= 15 is 0 Å². The Morgan fingerprint density at radius 2 is 2.08 bits per heavy atom. The molecule has 8 heteroatoms. The standard InChI is InChI=1S/C17H25N5O2S/c1-3-6-21-13-15(9-20-21)17-11-18-16(10-19-17)8-14-5-4-7-22(12-14)25(2,23)24/h9-11,13-14H,3-8,12H2,1-2H3. The van der Waals surface area contributed by atoms with E-state index in [4.69, 9.17) is 0 Å². The summed E-state index contributed by atoms with van der Waals surface area (Å²) >= 11 is 0. The quantitative estimate of drug-likeness (QED) is 0.784. The maximum Gasteiger partial charge on any atom is 0.211 e. The van der Waals surface area contributed by atoms with Gasteiger partial charge in [-0.3, -0.25) is 14.6 Å². The van der Waals surface area contributed by atoms with E-state index in [1.165, 1.54) is 6.26 Å². The average molecular weight is 363 g/mol. The molecule has 1 atom stereocenters. The fourth-order valence-corrected chi connectivity index (χ4v) is 4.19. The number of hydrogen-bond donors (Lipinski definition) is 0. The van der Waals surface area contributed by atoms with Gasteiger partial charge in [0.25, 0.3) is 0 Å². The van der Waals surface area contributed by atoms with Gasteiger partial charge in [0.1, 0.15) is 0 Å². The number of hydrogen-bond acceptors (Lipinski definition) is 5. The highest BCUT2D eigenvalue weighted by atomic mass is 32.2. The number of aryl methyl sites for hydroxylation is 1. The van der Waals surface area contributed by atoms with E-state index in [0.29, 0.717) is 19.0 Å². The van der Waals surface area contributed by atoms with E-state index < -0.39 is 10.0 Å². The van der Waals surface area contributed by atoms with Gasteiger partial charge in [0.05, 0.1) is 30.0 Å². The van der Waals surface area contributed by atoms with E-state index in [0.717, 1.165) is 49.2 Å². The highest BCUT2D eigenvalue weighted by Gasteiger charge is 2.26. The molecule has 25 heavy (non-hydrogen) atoms. The molecule has 0 spiro atoms. The van der Waals surface area contributed by atoms with Gasteiger partial charge in [0.2, 0.25) is 10.0 Å². The van der Waals surface area contributed by atoms with Gasteiger partial charge in [-0.15, -0.1) is 0 Å². The SMILES string of the molecule is CCCn1cc(-c2cnc(CC3CCCN(S(C)(=O)=O)C3)cn2)cn1. The van der Waals surface area contributed by atoms with Gasteiger partial charge in [0, 0.05) is 37.6 Å². The van der Waals surface area contributed by atoms with Gasteiger partial charge in [0.15, 0.2) is 0 Å². The van der Waals surface area contributed by atoms with Crippen molar-refractivity contribution in [2.75, 3.05) is 19.3 Å². The third kappa shape index (κ3) is 4.64. The summed E-state index contributed by atoms with van der Waals surface area (Å²) < 4.78 is 26.9. The van der Waals surface area contributed by atoms with Gasteiger partial charge < -0.3 is 0 Å². The van der Waals surface area contributed by atoms with Gasteiger partial charge in [-0.25, -0.2) is 12.7 Å². The van der Waals surface area contributed by atoms with E-state index in [1.807, 2.05) is 17.1 Å². The van der Waals surface area contributed by atoms with E-state index in [2.05, 4.69) is 22.0 Å². The third-order valence-electron chi connectivity index (χ3n) is 4.54. The van der Waals surface area contributed by atoms with Crippen molar-refractivity contribution < 1.29 is 8.42 Å². The van der Waals surface area contributed by atoms with Gasteiger partial charge in [-0.1, -0.05) is 6.92 Å². The Morgan fingerprint density at radius 3 is 2.76 bits per heavy atom. The number of sulfonamides is 1. The maximum absolute atomic E-state index is 11.7. The predicted octanol–water partition coefficient (Wildman–Crippen LogP) is 1.96. The largest absolute Gasteiger partial charge is 0.272 e. The Morgan fingerprint density at radius 1 is 1.24 bits per heavy atom. The summed E-state index contributed by atoms with van der Waals surface area (Å²) in [6.07, 6.45) is 12.4. The second-order valence-electron chi connectivity index (χ2n) is 6.72. The van der Waals surface area contributed by atoms with E-state index in [-0.39, 0.29) is 0 Å². The van der Waals surface area contributed by atoms with E-state index in [9.17, 15) is 8.42 Å². The predicted molar refractivity (Wildman–Crippen MR) is 96.4 cm³/mol. The second-order valence-corrected chi connectivity index (χ2v) is 8.70. The highest BCUT2D eigenvalue weighted by Crippen LogP contribution is 2.22. The molecule has 1 unspecified atom stereocenters. The molecule has 1 fully saturated rings. The lowest BCUT2D eigenvalue weighted by atomic mass is 9.95. The van der Waals surface area contributed by atoms with Crippen molar-refractivity contribution in [3.63, 3.8) is 0 Å². The molecule has 1 aliphatic heterocycles. The van der Waals surface area contributed by atoms with Crippen LogP contribution in [-0.2, 0) is 23.0 Å². The Kier molecular flexibility index (Phi) is 5.48. The summed E-state index contributed by atoms with van der Waals surface area (Å²) in [5.41, 5.74) is 2.69. The molecular formula is C17H25N5O2S. The average Bonchev–Trinajstić information content (AvgIpc) is 3.04. The zero-order valence-corrected chi connectivity index (χ0v) is 15.6. The van der Waals surface area contributed by atoms with Crippen LogP contribution in [0.25, 0.3) is 11.3 Å². The normalized spacial score (nSPS) is 19.2. The summed E-state index contributed by atoms with van der Waals surface area (Å²) in [6.45, 7) is 4.21. The monoisotopic (exact) mass is 363 g/mol. The van der Waals surface area contributed by atoms with Crippen molar-refractivity contribution in [3.05, 3.63) is 30.5 Å². The van der Waals surface area contributed by atoms with Crippen molar-refractivity contribution in [3.8, 4) is 11.3 Å². The number of piperidine rings is 1. The maximum atomic E-state index is 11.7. The molecule has 7 nitrogen and oxygen atoms in total. The van der Waals surface area contributed by atoms with Crippen LogP contribution in [0.4, 0.5) is 0 Å². The molecule has 3 rings (SSSR count). The van der Waals surface area contributed by atoms with Gasteiger partial charge >= 0.3 is 0 Å². The minimum atomic E-state index is -3.11. The van der Waals surface area contributed by atoms with E-state index in [1.54, 1.807) is 16.7 Å². The second kappa shape index (κ2) is 7.61. The van der Waals surface area contributed by atoms with Crippen molar-refractivity contribution >= 4 is 10.0 Å². The van der Waals surface area contributed by atoms with Crippen LogP contribution >= 0.6 is 0 Å². The minimum absolute atomic E-state index is 0.302. The summed E-state index contributed by atoms with van der Waals surface area (Å²) in [6, 6.07) is 0. The zero-order valence-electron chi connectivity index (χ0n) is 14.8. The van der Waals surface area contributed by atoms with Gasteiger partial charge in [-0.05, 0) is 31.6 Å². The highest BCUT2D eigenvalue weighted by molar-refractivity contribution is 7.88. The lowest BCUT2D eigenvalue weighted by Crippen LogP contribution is -2.39. The van der Waals surface area contributed by atoms with Crippen LogP contribution in [0.5, 0.6) is 0 Å². The molecule has 3 heterocycles. The molecule has 0 aromatic carbocycles. The van der Waals surface area contributed by atoms with Crippen LogP contribution in [-0.4, -0.2) is 51.8 Å². The number of aromatic nitrogens is 4. The molecule has 0 aliphatic carbocycles. The summed E-state index contributed by atoms with van der Waals surface area (Å²) in [5.74, 6) is 0.302. The van der Waals surface area contributed by atoms with Crippen LogP contribution in [0.1, 0.15) is 31.9 Å². The number of nitrogens with zero attached hydrogens (tertiary/aromatic N) is 5.